The van der Waals surface area contributed by atoms with Crippen molar-refractivity contribution in [3.8, 4) is 11.5 Å². The van der Waals surface area contributed by atoms with Crippen molar-refractivity contribution in [3.05, 3.63) is 18.2 Å². The van der Waals surface area contributed by atoms with Gasteiger partial charge in [-0.3, -0.25) is 0 Å². The molecule has 0 spiro atoms. The minimum atomic E-state index is 0.179. The average Bonchev–Trinajstić information content (AvgIpc) is 2.10. The van der Waals surface area contributed by atoms with Crippen molar-refractivity contribution in [3.63, 3.8) is 0 Å². The van der Waals surface area contributed by atoms with Crippen LogP contribution in [0.5, 0.6) is 11.5 Å². The maximum absolute atomic E-state index is 5.67. The van der Waals surface area contributed by atoms with Crippen molar-refractivity contribution in [1.29, 1.82) is 0 Å². The zero-order valence-electron chi connectivity index (χ0n) is 9.78. The van der Waals surface area contributed by atoms with Gasteiger partial charge in [0.15, 0.2) is 0 Å². The van der Waals surface area contributed by atoms with E-state index in [0.717, 1.165) is 16.8 Å². The molecule has 15 heavy (non-hydrogen) atoms. The van der Waals surface area contributed by atoms with Crippen molar-refractivity contribution < 1.29 is 9.47 Å². The summed E-state index contributed by atoms with van der Waals surface area (Å²) in [7, 11) is 2.67. The molecule has 2 nitrogen and oxygen atoms in total. The van der Waals surface area contributed by atoms with Crippen molar-refractivity contribution in [2.24, 2.45) is 0 Å². The van der Waals surface area contributed by atoms with Crippen LogP contribution in [0.25, 0.3) is 0 Å². The van der Waals surface area contributed by atoms with Crippen LogP contribution in [-0.4, -0.2) is 12.2 Å². The SMILES string of the molecule is CC(C)Oc1cccc(OC(C)C)c1P. The Morgan fingerprint density at radius 2 is 1.33 bits per heavy atom. The van der Waals surface area contributed by atoms with Crippen LogP contribution in [0.3, 0.4) is 0 Å². The zero-order chi connectivity index (χ0) is 11.4. The molecule has 0 aromatic heterocycles. The highest BCUT2D eigenvalue weighted by Gasteiger charge is 2.08. The van der Waals surface area contributed by atoms with Gasteiger partial charge in [0.2, 0.25) is 0 Å². The predicted octanol–water partition coefficient (Wildman–Crippen LogP) is 2.76. The fourth-order valence-electron chi connectivity index (χ4n) is 1.24. The topological polar surface area (TPSA) is 18.5 Å². The van der Waals surface area contributed by atoms with Gasteiger partial charge in [-0.05, 0) is 39.8 Å². The molecule has 0 fully saturated rings. The first-order chi connectivity index (χ1) is 7.00. The van der Waals surface area contributed by atoms with Crippen molar-refractivity contribution in [1.82, 2.24) is 0 Å². The Balaban J connectivity index is 2.90. The van der Waals surface area contributed by atoms with Crippen LogP contribution in [0.2, 0.25) is 0 Å². The molecule has 0 aliphatic rings. The van der Waals surface area contributed by atoms with Crippen LogP contribution < -0.4 is 14.8 Å². The fourth-order valence-corrected chi connectivity index (χ4v) is 1.57. The monoisotopic (exact) mass is 226 g/mol. The first-order valence-corrected chi connectivity index (χ1v) is 5.80. The molecule has 0 saturated heterocycles. The third kappa shape index (κ3) is 3.71. The summed E-state index contributed by atoms with van der Waals surface area (Å²) in [5, 5.41) is 0.986. The molecule has 0 amide bonds. The summed E-state index contributed by atoms with van der Waals surface area (Å²) >= 11 is 0. The summed E-state index contributed by atoms with van der Waals surface area (Å²) in [5.74, 6) is 1.74. The Kier molecular flexibility index (Phi) is 4.41. The molecular weight excluding hydrogens is 207 g/mol. The number of benzene rings is 1. The molecule has 1 rings (SSSR count). The first kappa shape index (κ1) is 12.3. The van der Waals surface area contributed by atoms with E-state index >= 15 is 0 Å². The summed E-state index contributed by atoms with van der Waals surface area (Å²) in [6, 6.07) is 5.86. The lowest BCUT2D eigenvalue weighted by molar-refractivity contribution is 0.233. The molecule has 0 bridgehead atoms. The molecule has 3 heteroatoms. The smallest absolute Gasteiger partial charge is 0.130 e. The molecule has 0 aliphatic heterocycles. The van der Waals surface area contributed by atoms with Gasteiger partial charge in [0.05, 0.1) is 17.5 Å². The Labute approximate surface area is 94.2 Å². The van der Waals surface area contributed by atoms with E-state index in [1.807, 2.05) is 45.9 Å². The fraction of sp³-hybridized carbons (Fsp3) is 0.500. The van der Waals surface area contributed by atoms with Crippen LogP contribution in [0.1, 0.15) is 27.7 Å². The lowest BCUT2D eigenvalue weighted by atomic mass is 10.3. The molecule has 1 aromatic rings. The Hall–Kier alpha value is -0.750. The lowest BCUT2D eigenvalue weighted by Crippen LogP contribution is -2.15. The van der Waals surface area contributed by atoms with Crippen molar-refractivity contribution in [2.45, 2.75) is 39.9 Å². The van der Waals surface area contributed by atoms with Gasteiger partial charge in [0.25, 0.3) is 0 Å². The third-order valence-corrected chi connectivity index (χ3v) is 2.32. The van der Waals surface area contributed by atoms with Crippen LogP contribution in [0.15, 0.2) is 18.2 Å². The maximum atomic E-state index is 5.67. The van der Waals surface area contributed by atoms with E-state index in [-0.39, 0.29) is 12.2 Å². The average molecular weight is 226 g/mol. The normalized spacial score (nSPS) is 10.9. The summed E-state index contributed by atoms with van der Waals surface area (Å²) in [4.78, 5) is 0. The second-order valence-corrected chi connectivity index (χ2v) is 4.58. The summed E-state index contributed by atoms with van der Waals surface area (Å²) in [6.07, 6.45) is 0.359. The minimum Gasteiger partial charge on any atom is -0.490 e. The molecule has 0 heterocycles. The van der Waals surface area contributed by atoms with Crippen LogP contribution in [0.4, 0.5) is 0 Å². The molecule has 0 N–H and O–H groups in total. The molecule has 0 aliphatic carbocycles. The van der Waals surface area contributed by atoms with E-state index < -0.39 is 0 Å². The standard InChI is InChI=1S/C12H19O2P/c1-8(2)13-10-6-5-7-11(12(10)15)14-9(3)4/h5-9H,15H2,1-4H3. The minimum absolute atomic E-state index is 0.179. The van der Waals surface area contributed by atoms with Crippen LogP contribution in [0, 0.1) is 0 Å². The Bertz CT molecular complexity index is 293. The van der Waals surface area contributed by atoms with Crippen molar-refractivity contribution >= 4 is 14.5 Å². The predicted molar refractivity (Wildman–Crippen MR) is 67.3 cm³/mol. The number of hydrogen-bond donors (Lipinski definition) is 0. The largest absolute Gasteiger partial charge is 0.490 e. The first-order valence-electron chi connectivity index (χ1n) is 5.22. The van der Waals surface area contributed by atoms with E-state index in [9.17, 15) is 0 Å². The Morgan fingerprint density at radius 3 is 1.67 bits per heavy atom. The molecule has 84 valence electrons. The van der Waals surface area contributed by atoms with E-state index in [0.29, 0.717) is 0 Å². The van der Waals surface area contributed by atoms with Crippen molar-refractivity contribution in [2.75, 3.05) is 0 Å². The number of rotatable bonds is 4. The summed E-state index contributed by atoms with van der Waals surface area (Å²) in [5.41, 5.74) is 0. The second kappa shape index (κ2) is 5.37. The molecule has 0 radical (unpaired) electrons. The van der Waals surface area contributed by atoms with Gasteiger partial charge in [0.1, 0.15) is 11.5 Å². The molecule has 1 atom stereocenters. The van der Waals surface area contributed by atoms with Gasteiger partial charge < -0.3 is 9.47 Å². The summed E-state index contributed by atoms with van der Waals surface area (Å²) in [6.45, 7) is 8.06. The second-order valence-electron chi connectivity index (χ2n) is 4.00. The Morgan fingerprint density at radius 1 is 0.933 bits per heavy atom. The lowest BCUT2D eigenvalue weighted by Gasteiger charge is -2.16. The maximum Gasteiger partial charge on any atom is 0.130 e. The molecular formula is C12H19O2P. The van der Waals surface area contributed by atoms with Gasteiger partial charge in [0, 0.05) is 0 Å². The number of hydrogen-bond acceptors (Lipinski definition) is 2. The van der Waals surface area contributed by atoms with Gasteiger partial charge in [-0.2, -0.15) is 0 Å². The molecule has 1 aromatic carbocycles. The van der Waals surface area contributed by atoms with Gasteiger partial charge in [-0.15, -0.1) is 0 Å². The van der Waals surface area contributed by atoms with Crippen LogP contribution >= 0.6 is 9.24 Å². The van der Waals surface area contributed by atoms with Gasteiger partial charge in [-0.1, -0.05) is 15.3 Å². The highest BCUT2D eigenvalue weighted by Crippen LogP contribution is 2.21. The van der Waals surface area contributed by atoms with Crippen LogP contribution in [-0.2, 0) is 0 Å². The summed E-state index contributed by atoms with van der Waals surface area (Å²) < 4.78 is 11.3. The van der Waals surface area contributed by atoms with E-state index in [2.05, 4.69) is 9.24 Å². The quantitative estimate of drug-likeness (QED) is 0.735. The molecule has 0 saturated carbocycles. The van der Waals surface area contributed by atoms with E-state index in [1.165, 1.54) is 0 Å². The van der Waals surface area contributed by atoms with Gasteiger partial charge >= 0.3 is 0 Å². The third-order valence-electron chi connectivity index (χ3n) is 1.75. The van der Waals surface area contributed by atoms with E-state index in [4.69, 9.17) is 9.47 Å². The zero-order valence-corrected chi connectivity index (χ0v) is 10.9. The van der Waals surface area contributed by atoms with Gasteiger partial charge in [-0.25, -0.2) is 0 Å². The highest BCUT2D eigenvalue weighted by atomic mass is 31.0. The van der Waals surface area contributed by atoms with E-state index in [1.54, 1.807) is 0 Å². The highest BCUT2D eigenvalue weighted by molar-refractivity contribution is 7.28. The molecule has 1 unspecified atom stereocenters. The number of ether oxygens (including phenoxy) is 2.